The molecule has 1 saturated carbocycles. The number of nitro groups is 1. The zero-order chi connectivity index (χ0) is 47.8. The zero-order valence-corrected chi connectivity index (χ0v) is 40.5. The fourth-order valence-corrected chi connectivity index (χ4v) is 10.5. The Bertz CT molecular complexity index is 2150. The van der Waals surface area contributed by atoms with Gasteiger partial charge in [0.1, 0.15) is 29.9 Å². The summed E-state index contributed by atoms with van der Waals surface area (Å²) in [5.74, 6) is 0.219. The second-order valence-corrected chi connectivity index (χ2v) is 18.9. The summed E-state index contributed by atoms with van der Waals surface area (Å²) in [6.07, 6.45) is 19.7. The number of oxime groups is 1. The van der Waals surface area contributed by atoms with Crippen molar-refractivity contribution in [3.8, 4) is 17.2 Å². The average Bonchev–Trinajstić information content (AvgIpc) is 3.32. The maximum Gasteiger partial charge on any atom is 0.269 e. The van der Waals surface area contributed by atoms with Gasteiger partial charge >= 0.3 is 0 Å². The van der Waals surface area contributed by atoms with Gasteiger partial charge in [0.05, 0.1) is 23.2 Å². The fraction of sp³-hybridized carbons (Fsp3) is 0.564. The lowest BCUT2D eigenvalue weighted by atomic mass is 9.55. The van der Waals surface area contributed by atoms with Crippen LogP contribution in [0.5, 0.6) is 17.2 Å². The van der Waals surface area contributed by atoms with E-state index >= 15 is 0 Å². The van der Waals surface area contributed by atoms with Crippen molar-refractivity contribution in [3.63, 3.8) is 0 Å². The third-order valence-electron chi connectivity index (χ3n) is 14.3. The molecule has 2 aliphatic carbocycles. The van der Waals surface area contributed by atoms with E-state index in [0.29, 0.717) is 36.5 Å². The quantitative estimate of drug-likeness (QED) is 0.0313. The van der Waals surface area contributed by atoms with Gasteiger partial charge in [-0.2, -0.15) is 0 Å². The molecule has 1 heterocycles. The molecule has 6 atom stereocenters. The van der Waals surface area contributed by atoms with Crippen molar-refractivity contribution in [1.29, 1.82) is 0 Å². The molecule has 0 radical (unpaired) electrons. The second-order valence-electron chi connectivity index (χ2n) is 18.9. The number of carbonyl (C=O) groups is 1. The van der Waals surface area contributed by atoms with Gasteiger partial charge in [0.25, 0.3) is 5.69 Å². The molecule has 3 aliphatic rings. The zero-order valence-electron chi connectivity index (χ0n) is 40.5. The molecule has 2 N–H and O–H groups in total. The maximum atomic E-state index is 14.5. The number of benzene rings is 3. The second kappa shape index (κ2) is 25.4. The number of allylic oxidation sites excluding steroid dienone is 1. The molecule has 1 amide bonds. The lowest BCUT2D eigenvalue weighted by molar-refractivity contribution is -0.384. The number of aliphatic hydroxyl groups is 2. The Morgan fingerprint density at radius 1 is 0.896 bits per heavy atom. The van der Waals surface area contributed by atoms with Crippen molar-refractivity contribution in [2.75, 3.05) is 26.9 Å². The van der Waals surface area contributed by atoms with E-state index in [9.17, 15) is 25.1 Å². The molecule has 12 heteroatoms. The first-order valence-corrected chi connectivity index (χ1v) is 25.0. The van der Waals surface area contributed by atoms with Crippen molar-refractivity contribution in [1.82, 2.24) is 4.90 Å². The first-order chi connectivity index (χ1) is 32.5. The minimum atomic E-state index is -1.35. The highest BCUT2D eigenvalue weighted by Crippen LogP contribution is 2.62. The van der Waals surface area contributed by atoms with Gasteiger partial charge in [0.15, 0.2) is 0 Å². The Morgan fingerprint density at radius 3 is 2.24 bits per heavy atom. The number of aryl methyl sites for hydroxylation is 2. The van der Waals surface area contributed by atoms with Crippen LogP contribution in [0.3, 0.4) is 0 Å². The van der Waals surface area contributed by atoms with Crippen molar-refractivity contribution in [2.24, 2.45) is 22.9 Å². The molecule has 3 aromatic rings. The monoisotopic (exact) mass is 922 g/mol. The molecule has 12 nitrogen and oxygen atoms in total. The fourth-order valence-electron chi connectivity index (χ4n) is 10.5. The van der Waals surface area contributed by atoms with E-state index < -0.39 is 22.7 Å². The Morgan fingerprint density at radius 2 is 1.57 bits per heavy atom. The van der Waals surface area contributed by atoms with Gasteiger partial charge in [0, 0.05) is 56.7 Å². The van der Waals surface area contributed by atoms with E-state index in [0.717, 1.165) is 73.0 Å². The lowest BCUT2D eigenvalue weighted by Crippen LogP contribution is -2.69. The van der Waals surface area contributed by atoms with Crippen molar-refractivity contribution in [2.45, 2.75) is 154 Å². The Hall–Kier alpha value is -5.04. The molecule has 0 bridgehead atoms. The standard InChI is InChI=1S/C55H75N3O9/c1-6-8-9-10-11-12-13-14-15-22-52(61)57(5)51-37-49(56-65-38-41-24-26-43(27-25-41)58(62)63)47-35-42(20-16-18-31-59)46(21-17-19-32-60)53-48-36-45(66-44-28-23-39(3)40(4)34-44)29-30-50(48)67-55(51,54(47)53)64-33-7-2/h7,23-30,34-36,42,46,51,53-54,59-60H,2,6,8-22,31-33,37-38H2,1,3-5H3/t42-,46+,51-,53+,54+,55+/m0/s1. The smallest absolute Gasteiger partial charge is 0.269 e. The third-order valence-corrected chi connectivity index (χ3v) is 14.3. The van der Waals surface area contributed by atoms with Gasteiger partial charge in [-0.3, -0.25) is 14.9 Å². The van der Waals surface area contributed by atoms with Crippen molar-refractivity contribution in [3.05, 3.63) is 117 Å². The number of unbranched alkanes of at least 4 members (excludes halogenated alkanes) is 10. The van der Waals surface area contributed by atoms with Gasteiger partial charge in [-0.1, -0.05) is 94.5 Å². The summed E-state index contributed by atoms with van der Waals surface area (Å²) < 4.78 is 21.0. The molecular formula is C55H75N3O9. The van der Waals surface area contributed by atoms with Gasteiger partial charge in [-0.25, -0.2) is 0 Å². The molecule has 1 aliphatic heterocycles. The molecule has 0 spiro atoms. The van der Waals surface area contributed by atoms with Crippen LogP contribution in [0.4, 0.5) is 5.69 Å². The summed E-state index contributed by atoms with van der Waals surface area (Å²) in [5.41, 5.74) is 5.64. The number of hydrogen-bond donors (Lipinski definition) is 2. The van der Waals surface area contributed by atoms with E-state index in [1.54, 1.807) is 18.2 Å². The molecule has 0 unspecified atom stereocenters. The van der Waals surface area contributed by atoms with Gasteiger partial charge in [-0.05, 0) is 123 Å². The number of aliphatic hydroxyl groups excluding tert-OH is 2. The Balaban J connectivity index is 1.44. The summed E-state index contributed by atoms with van der Waals surface area (Å²) in [6.45, 7) is 10.9. The largest absolute Gasteiger partial charge is 0.459 e. The van der Waals surface area contributed by atoms with Crippen LogP contribution in [-0.2, 0) is 21.0 Å². The maximum absolute atomic E-state index is 14.5. The van der Waals surface area contributed by atoms with Crippen LogP contribution < -0.4 is 9.47 Å². The number of amides is 1. The minimum Gasteiger partial charge on any atom is -0.459 e. The molecule has 364 valence electrons. The van der Waals surface area contributed by atoms with Crippen LogP contribution in [-0.4, -0.2) is 70.4 Å². The molecule has 6 rings (SSSR count). The van der Waals surface area contributed by atoms with E-state index in [2.05, 4.69) is 45.6 Å². The van der Waals surface area contributed by atoms with Crippen LogP contribution in [0.1, 0.15) is 144 Å². The van der Waals surface area contributed by atoms with E-state index in [1.165, 1.54) is 56.2 Å². The number of rotatable bonds is 28. The van der Waals surface area contributed by atoms with Crippen LogP contribution in [0, 0.1) is 41.7 Å². The first-order valence-electron chi connectivity index (χ1n) is 25.0. The molecule has 0 saturated heterocycles. The molecule has 1 fully saturated rings. The highest BCUT2D eigenvalue weighted by atomic mass is 16.7. The SMILES string of the molecule is C=CCO[C@@]12Oc3ccc(Oc4ccc(C)c(C)c4)cc3[C@H]3[C@H](CCCCO)[C@@H](CCCCO)C=C(C(=NOCc4ccc([N+](=O)[O-])cc4)C[C@@H]1N(C)C(=O)CCCCCCCCCCC)[C@H]32. The van der Waals surface area contributed by atoms with Gasteiger partial charge < -0.3 is 34.2 Å². The van der Waals surface area contributed by atoms with Gasteiger partial charge in [0.2, 0.25) is 11.7 Å². The Labute approximate surface area is 398 Å². The normalized spacial score (nSPS) is 22.3. The van der Waals surface area contributed by atoms with Crippen LogP contribution in [0.2, 0.25) is 0 Å². The van der Waals surface area contributed by atoms with Gasteiger partial charge in [-0.15, -0.1) is 6.58 Å². The average molecular weight is 922 g/mol. The lowest BCUT2D eigenvalue weighted by Gasteiger charge is -2.59. The number of likely N-dealkylation sites (N-methyl/N-ethyl adjacent to an activating group) is 1. The number of nitrogens with zero attached hydrogens (tertiary/aromatic N) is 3. The number of nitro benzene ring substituents is 1. The predicted octanol–water partition coefficient (Wildman–Crippen LogP) is 12.2. The number of carbonyl (C=O) groups excluding carboxylic acids is 1. The van der Waals surface area contributed by atoms with Crippen LogP contribution >= 0.6 is 0 Å². The predicted molar refractivity (Wildman–Crippen MR) is 263 cm³/mol. The third kappa shape index (κ3) is 12.9. The number of non-ortho nitro benzene ring substituents is 1. The Kier molecular flexibility index (Phi) is 19.4. The number of ether oxygens (including phenoxy) is 3. The van der Waals surface area contributed by atoms with E-state index in [4.69, 9.17) is 24.2 Å². The summed E-state index contributed by atoms with van der Waals surface area (Å²) >= 11 is 0. The highest BCUT2D eigenvalue weighted by molar-refractivity contribution is 6.03. The van der Waals surface area contributed by atoms with Crippen molar-refractivity contribution >= 4 is 17.3 Å². The molecule has 0 aromatic heterocycles. The van der Waals surface area contributed by atoms with Crippen molar-refractivity contribution < 1.29 is 39.0 Å². The highest BCUT2D eigenvalue weighted by Gasteiger charge is 2.65. The van der Waals surface area contributed by atoms with Crippen LogP contribution in [0.15, 0.2) is 90.1 Å². The molecular weight excluding hydrogens is 847 g/mol. The minimum absolute atomic E-state index is 0.00420. The summed E-state index contributed by atoms with van der Waals surface area (Å²) in [5, 5.41) is 36.2. The number of hydrogen-bond acceptors (Lipinski definition) is 10. The van der Waals surface area contributed by atoms with E-state index in [-0.39, 0.29) is 62.2 Å². The molecule has 67 heavy (non-hydrogen) atoms. The first kappa shape index (κ1) is 51.4. The van der Waals surface area contributed by atoms with Crippen LogP contribution in [0.25, 0.3) is 0 Å². The summed E-state index contributed by atoms with van der Waals surface area (Å²) in [7, 11) is 1.86. The number of fused-ring (bicyclic) bond motifs is 2. The topological polar surface area (TPSA) is 153 Å². The van der Waals surface area contributed by atoms with E-state index in [1.807, 2.05) is 36.2 Å². The summed E-state index contributed by atoms with van der Waals surface area (Å²) in [4.78, 5) is 33.5. The summed E-state index contributed by atoms with van der Waals surface area (Å²) in [6, 6.07) is 17.7. The molecule has 3 aromatic carbocycles.